The zero-order chi connectivity index (χ0) is 10.1. The lowest BCUT2D eigenvalue weighted by Gasteiger charge is -1.88. The van der Waals surface area contributed by atoms with E-state index in [0.717, 1.165) is 20.0 Å². The van der Waals surface area contributed by atoms with E-state index in [9.17, 15) is 0 Å². The number of fused-ring (bicyclic) bond motifs is 1. The summed E-state index contributed by atoms with van der Waals surface area (Å²) in [4.78, 5) is 0.963. The van der Waals surface area contributed by atoms with Crippen LogP contribution in [0, 0.1) is 0 Å². The van der Waals surface area contributed by atoms with Gasteiger partial charge in [-0.3, -0.25) is 0 Å². The van der Waals surface area contributed by atoms with Crippen LogP contribution in [-0.2, 0) is 0 Å². The van der Waals surface area contributed by atoms with Gasteiger partial charge in [-0.2, -0.15) is 0 Å². The van der Waals surface area contributed by atoms with Crippen molar-refractivity contribution in [1.29, 1.82) is 0 Å². The molecule has 0 aliphatic carbocycles. The van der Waals surface area contributed by atoms with Crippen LogP contribution in [0.25, 0.3) is 10.1 Å². The van der Waals surface area contributed by atoms with Crippen LogP contribution in [0.2, 0.25) is 5.02 Å². The zero-order valence-electron chi connectivity index (χ0n) is 7.49. The molecule has 0 aliphatic rings. The van der Waals surface area contributed by atoms with E-state index >= 15 is 0 Å². The van der Waals surface area contributed by atoms with Crippen LogP contribution in [-0.4, -0.2) is 10.9 Å². The van der Waals surface area contributed by atoms with Crippen molar-refractivity contribution in [1.82, 2.24) is 0 Å². The summed E-state index contributed by atoms with van der Waals surface area (Å²) in [5.41, 5.74) is 0.627. The highest BCUT2D eigenvalue weighted by Crippen LogP contribution is 2.28. The Hall–Kier alpha value is -1.06. The number of hydrogen-bond acceptors (Lipinski definition) is 3. The molecule has 1 aromatic carbocycles. The molecule has 0 amide bonds. The van der Waals surface area contributed by atoms with Gasteiger partial charge in [-0.25, -0.2) is 0 Å². The standard InChI is InChI=1S/C10H8ClNOS/c1-6(12-13)9-4-7-2-3-8(11)5-10(7)14-9/h2-5,13H,1H3. The Morgan fingerprint density at radius 1 is 1.43 bits per heavy atom. The molecule has 2 rings (SSSR count). The number of nitrogens with zero attached hydrogens (tertiary/aromatic N) is 1. The SMILES string of the molecule is CC(=NO)c1cc2ccc(Cl)cc2s1. The fourth-order valence-corrected chi connectivity index (χ4v) is 2.51. The molecule has 0 spiro atoms. The number of oxime groups is 1. The summed E-state index contributed by atoms with van der Waals surface area (Å²) in [5, 5.41) is 13.7. The molecule has 0 bridgehead atoms. The molecule has 1 aromatic heterocycles. The molecule has 0 aliphatic heterocycles. The van der Waals surface area contributed by atoms with Crippen molar-refractivity contribution in [3.63, 3.8) is 0 Å². The second-order valence-electron chi connectivity index (χ2n) is 2.98. The maximum absolute atomic E-state index is 8.64. The van der Waals surface area contributed by atoms with Crippen molar-refractivity contribution in [3.05, 3.63) is 34.2 Å². The Bertz CT molecular complexity index is 504. The maximum Gasteiger partial charge on any atom is 0.0936 e. The Morgan fingerprint density at radius 2 is 2.21 bits per heavy atom. The fraction of sp³-hybridized carbons (Fsp3) is 0.100. The summed E-state index contributed by atoms with van der Waals surface area (Å²) in [7, 11) is 0. The summed E-state index contributed by atoms with van der Waals surface area (Å²) < 4.78 is 1.11. The summed E-state index contributed by atoms with van der Waals surface area (Å²) >= 11 is 7.44. The highest BCUT2D eigenvalue weighted by Gasteiger charge is 2.04. The molecule has 2 nitrogen and oxygen atoms in total. The lowest BCUT2D eigenvalue weighted by Crippen LogP contribution is -1.87. The Kier molecular flexibility index (Phi) is 2.44. The van der Waals surface area contributed by atoms with Crippen molar-refractivity contribution in [3.8, 4) is 0 Å². The molecule has 72 valence electrons. The number of halogens is 1. The monoisotopic (exact) mass is 225 g/mol. The quantitative estimate of drug-likeness (QED) is 0.448. The Balaban J connectivity index is 2.62. The van der Waals surface area contributed by atoms with Gasteiger partial charge in [0.05, 0.1) is 10.6 Å². The molecular weight excluding hydrogens is 218 g/mol. The second-order valence-corrected chi connectivity index (χ2v) is 4.50. The third-order valence-electron chi connectivity index (χ3n) is 1.99. The van der Waals surface area contributed by atoms with E-state index in [2.05, 4.69) is 5.16 Å². The smallest absolute Gasteiger partial charge is 0.0936 e. The van der Waals surface area contributed by atoms with Gasteiger partial charge in [0.1, 0.15) is 0 Å². The predicted molar refractivity (Wildman–Crippen MR) is 60.8 cm³/mol. The summed E-state index contributed by atoms with van der Waals surface area (Å²) in [6, 6.07) is 7.72. The molecule has 0 saturated heterocycles. The third-order valence-corrected chi connectivity index (χ3v) is 3.43. The first-order chi connectivity index (χ1) is 6.70. The molecule has 2 aromatic rings. The van der Waals surface area contributed by atoms with Crippen molar-refractivity contribution < 1.29 is 5.21 Å². The van der Waals surface area contributed by atoms with Gasteiger partial charge in [0.15, 0.2) is 0 Å². The van der Waals surface area contributed by atoms with Crippen LogP contribution in [0.15, 0.2) is 29.4 Å². The van der Waals surface area contributed by atoms with Gasteiger partial charge in [0, 0.05) is 9.72 Å². The average molecular weight is 226 g/mol. The fourth-order valence-electron chi connectivity index (χ4n) is 1.23. The minimum Gasteiger partial charge on any atom is -0.411 e. The normalized spacial score (nSPS) is 12.3. The molecule has 0 unspecified atom stereocenters. The van der Waals surface area contributed by atoms with E-state index in [1.165, 1.54) is 0 Å². The largest absolute Gasteiger partial charge is 0.411 e. The Morgan fingerprint density at radius 3 is 2.93 bits per heavy atom. The molecular formula is C10H8ClNOS. The van der Waals surface area contributed by atoms with Gasteiger partial charge in [0.25, 0.3) is 0 Å². The lowest BCUT2D eigenvalue weighted by molar-refractivity contribution is 0.319. The van der Waals surface area contributed by atoms with E-state index in [1.54, 1.807) is 18.3 Å². The van der Waals surface area contributed by atoms with Gasteiger partial charge in [-0.1, -0.05) is 22.8 Å². The average Bonchev–Trinajstić information content (AvgIpc) is 2.59. The van der Waals surface area contributed by atoms with E-state index in [0.29, 0.717) is 5.71 Å². The number of rotatable bonds is 1. The number of thiophene rings is 1. The van der Waals surface area contributed by atoms with Crippen LogP contribution >= 0.6 is 22.9 Å². The van der Waals surface area contributed by atoms with E-state index in [1.807, 2.05) is 24.3 Å². The van der Waals surface area contributed by atoms with Gasteiger partial charge in [-0.15, -0.1) is 11.3 Å². The zero-order valence-corrected chi connectivity index (χ0v) is 9.06. The summed E-state index contributed by atoms with van der Waals surface area (Å²) in [6.07, 6.45) is 0. The highest BCUT2D eigenvalue weighted by molar-refractivity contribution is 7.20. The van der Waals surface area contributed by atoms with Gasteiger partial charge < -0.3 is 5.21 Å². The predicted octanol–water partition coefficient (Wildman–Crippen LogP) is 3.75. The molecule has 1 N–H and O–H groups in total. The van der Waals surface area contributed by atoms with Crippen molar-refractivity contribution in [2.45, 2.75) is 6.92 Å². The van der Waals surface area contributed by atoms with E-state index in [-0.39, 0.29) is 0 Å². The van der Waals surface area contributed by atoms with Crippen LogP contribution in [0.3, 0.4) is 0 Å². The molecule has 1 heterocycles. The van der Waals surface area contributed by atoms with Crippen LogP contribution < -0.4 is 0 Å². The molecule has 0 fully saturated rings. The lowest BCUT2D eigenvalue weighted by atomic mass is 10.2. The van der Waals surface area contributed by atoms with Crippen LogP contribution in [0.4, 0.5) is 0 Å². The molecule has 0 atom stereocenters. The van der Waals surface area contributed by atoms with Gasteiger partial charge in [0.2, 0.25) is 0 Å². The topological polar surface area (TPSA) is 32.6 Å². The van der Waals surface area contributed by atoms with E-state index in [4.69, 9.17) is 16.8 Å². The van der Waals surface area contributed by atoms with E-state index < -0.39 is 0 Å². The first kappa shape index (κ1) is 9.49. The second kappa shape index (κ2) is 3.59. The van der Waals surface area contributed by atoms with Gasteiger partial charge in [-0.05, 0) is 30.5 Å². The Labute approximate surface area is 90.4 Å². The molecule has 0 saturated carbocycles. The first-order valence-electron chi connectivity index (χ1n) is 4.09. The molecule has 0 radical (unpaired) electrons. The molecule has 14 heavy (non-hydrogen) atoms. The highest BCUT2D eigenvalue weighted by atomic mass is 35.5. The van der Waals surface area contributed by atoms with Crippen LogP contribution in [0.1, 0.15) is 11.8 Å². The first-order valence-corrected chi connectivity index (χ1v) is 5.28. The minimum absolute atomic E-state index is 0.627. The molecule has 4 heteroatoms. The number of benzene rings is 1. The van der Waals surface area contributed by atoms with Gasteiger partial charge >= 0.3 is 0 Å². The number of hydrogen-bond donors (Lipinski definition) is 1. The maximum atomic E-state index is 8.64. The van der Waals surface area contributed by atoms with Crippen molar-refractivity contribution in [2.75, 3.05) is 0 Å². The van der Waals surface area contributed by atoms with Crippen LogP contribution in [0.5, 0.6) is 0 Å². The third kappa shape index (κ3) is 1.61. The summed E-state index contributed by atoms with van der Waals surface area (Å²) in [6.45, 7) is 1.77. The summed E-state index contributed by atoms with van der Waals surface area (Å²) in [5.74, 6) is 0. The van der Waals surface area contributed by atoms with Crippen molar-refractivity contribution in [2.24, 2.45) is 5.16 Å². The van der Waals surface area contributed by atoms with Crippen molar-refractivity contribution >= 4 is 38.7 Å². The minimum atomic E-state index is 0.627.